The van der Waals surface area contributed by atoms with E-state index in [0.717, 1.165) is 0 Å². The molecule has 0 aromatic rings. The highest BCUT2D eigenvalue weighted by Gasteiger charge is 2.07. The van der Waals surface area contributed by atoms with Crippen molar-refractivity contribution in [1.29, 1.82) is 0 Å². The first-order valence-corrected chi connectivity index (χ1v) is 5.11. The van der Waals surface area contributed by atoms with Gasteiger partial charge in [0.2, 0.25) is 0 Å². The van der Waals surface area contributed by atoms with Gasteiger partial charge in [0, 0.05) is 10.8 Å². The molecule has 0 aromatic heterocycles. The fraction of sp³-hybridized carbons (Fsp3) is 0.600. The monoisotopic (exact) mass is 232 g/mol. The van der Waals surface area contributed by atoms with Crippen molar-refractivity contribution in [2.75, 3.05) is 13.2 Å². The molecule has 0 amide bonds. The molecule has 0 N–H and O–H groups in total. The van der Waals surface area contributed by atoms with E-state index >= 15 is 0 Å². The average molecular weight is 232 g/mol. The zero-order chi connectivity index (χ0) is 11.8. The number of hydrogen-bond donors (Lipinski definition) is 1. The third-order valence-electron chi connectivity index (χ3n) is 1.39. The van der Waals surface area contributed by atoms with Gasteiger partial charge in [-0.25, -0.2) is 4.79 Å². The Labute approximate surface area is 95.0 Å². The topological polar surface area (TPSA) is 52.6 Å². The molecule has 0 aliphatic heterocycles. The van der Waals surface area contributed by atoms with E-state index in [4.69, 9.17) is 9.47 Å². The smallest absolute Gasteiger partial charge is 0.333 e. The van der Waals surface area contributed by atoms with Crippen molar-refractivity contribution in [1.82, 2.24) is 0 Å². The minimum atomic E-state index is -0.478. The zero-order valence-electron chi connectivity index (χ0n) is 8.99. The minimum Gasteiger partial charge on any atom is -0.462 e. The van der Waals surface area contributed by atoms with Crippen molar-refractivity contribution >= 4 is 24.6 Å². The molecule has 0 aromatic carbocycles. The normalized spacial score (nSPS) is 11.7. The standard InChI is InChI=1S/C10H16O4S/c1-7(2)10(12)14-5-4-13-9(11)6-8(3)15/h8,15H,1,4-6H2,2-3H3. The van der Waals surface area contributed by atoms with E-state index in [2.05, 4.69) is 19.2 Å². The molecule has 0 saturated heterocycles. The third kappa shape index (κ3) is 8.05. The van der Waals surface area contributed by atoms with Crippen LogP contribution in [0.1, 0.15) is 20.3 Å². The molecule has 0 aliphatic rings. The third-order valence-corrected chi connectivity index (χ3v) is 1.57. The first-order valence-electron chi connectivity index (χ1n) is 4.59. The summed E-state index contributed by atoms with van der Waals surface area (Å²) in [5.74, 6) is -0.822. The van der Waals surface area contributed by atoms with E-state index in [1.54, 1.807) is 13.8 Å². The summed E-state index contributed by atoms with van der Waals surface area (Å²) in [5, 5.41) is -0.0320. The van der Waals surface area contributed by atoms with Crippen LogP contribution in [0.2, 0.25) is 0 Å². The Balaban J connectivity index is 3.50. The van der Waals surface area contributed by atoms with Gasteiger partial charge in [0.15, 0.2) is 0 Å². The molecule has 0 rings (SSSR count). The van der Waals surface area contributed by atoms with Gasteiger partial charge >= 0.3 is 11.9 Å². The van der Waals surface area contributed by atoms with E-state index in [1.807, 2.05) is 0 Å². The first-order chi connectivity index (χ1) is 6.93. The van der Waals surface area contributed by atoms with Crippen LogP contribution in [0.4, 0.5) is 0 Å². The predicted molar refractivity (Wildman–Crippen MR) is 59.8 cm³/mol. The second-order valence-electron chi connectivity index (χ2n) is 3.19. The van der Waals surface area contributed by atoms with Crippen molar-refractivity contribution in [2.45, 2.75) is 25.5 Å². The van der Waals surface area contributed by atoms with Gasteiger partial charge in [-0.15, -0.1) is 0 Å². The second kappa shape index (κ2) is 7.34. The highest BCUT2D eigenvalue weighted by Crippen LogP contribution is 2.00. The Morgan fingerprint density at radius 2 is 1.87 bits per heavy atom. The average Bonchev–Trinajstić information content (AvgIpc) is 2.10. The molecule has 1 atom stereocenters. The largest absolute Gasteiger partial charge is 0.462 e. The number of esters is 2. The zero-order valence-corrected chi connectivity index (χ0v) is 9.88. The SMILES string of the molecule is C=C(C)C(=O)OCCOC(=O)CC(C)S. The molecule has 0 spiro atoms. The van der Waals surface area contributed by atoms with E-state index in [1.165, 1.54) is 0 Å². The molecule has 1 unspecified atom stereocenters. The maximum absolute atomic E-state index is 11.0. The quantitative estimate of drug-likeness (QED) is 0.325. The molecule has 0 saturated carbocycles. The van der Waals surface area contributed by atoms with Crippen LogP contribution in [-0.2, 0) is 19.1 Å². The lowest BCUT2D eigenvalue weighted by atomic mass is 10.3. The summed E-state index contributed by atoms with van der Waals surface area (Å²) in [7, 11) is 0. The van der Waals surface area contributed by atoms with Crippen LogP contribution in [0.3, 0.4) is 0 Å². The molecule has 4 nitrogen and oxygen atoms in total. The van der Waals surface area contributed by atoms with Crippen molar-refractivity contribution in [2.24, 2.45) is 0 Å². The number of carbonyl (C=O) groups is 2. The summed E-state index contributed by atoms with van der Waals surface area (Å²) in [6, 6.07) is 0. The Morgan fingerprint density at radius 3 is 2.33 bits per heavy atom. The molecular weight excluding hydrogens is 216 g/mol. The number of ether oxygens (including phenoxy) is 2. The van der Waals surface area contributed by atoms with E-state index in [0.29, 0.717) is 5.57 Å². The molecule has 15 heavy (non-hydrogen) atoms. The Kier molecular flexibility index (Phi) is 6.86. The Hall–Kier alpha value is -0.970. The minimum absolute atomic E-state index is 0.0320. The summed E-state index contributed by atoms with van der Waals surface area (Å²) in [4.78, 5) is 21.9. The van der Waals surface area contributed by atoms with Gasteiger partial charge in [0.1, 0.15) is 13.2 Å². The summed E-state index contributed by atoms with van der Waals surface area (Å²) < 4.78 is 9.51. The van der Waals surface area contributed by atoms with E-state index in [9.17, 15) is 9.59 Å². The molecular formula is C10H16O4S. The molecule has 0 radical (unpaired) electrons. The summed E-state index contributed by atoms with van der Waals surface area (Å²) in [6.07, 6.45) is 0.248. The van der Waals surface area contributed by atoms with Crippen LogP contribution in [0.25, 0.3) is 0 Å². The van der Waals surface area contributed by atoms with Gasteiger partial charge in [-0.3, -0.25) is 4.79 Å². The van der Waals surface area contributed by atoms with Crippen molar-refractivity contribution in [3.63, 3.8) is 0 Å². The lowest BCUT2D eigenvalue weighted by Gasteiger charge is -2.07. The number of rotatable bonds is 6. The highest BCUT2D eigenvalue weighted by atomic mass is 32.1. The van der Waals surface area contributed by atoms with Gasteiger partial charge in [-0.1, -0.05) is 13.5 Å². The number of thiol groups is 1. The fourth-order valence-corrected chi connectivity index (χ4v) is 0.862. The van der Waals surface area contributed by atoms with Crippen molar-refractivity contribution in [3.05, 3.63) is 12.2 Å². The van der Waals surface area contributed by atoms with Crippen LogP contribution in [-0.4, -0.2) is 30.4 Å². The first kappa shape index (κ1) is 14.0. The summed E-state index contributed by atoms with van der Waals surface area (Å²) >= 11 is 4.04. The molecule has 5 heteroatoms. The van der Waals surface area contributed by atoms with Crippen molar-refractivity contribution in [3.8, 4) is 0 Å². The van der Waals surface area contributed by atoms with Crippen LogP contribution in [0.15, 0.2) is 12.2 Å². The highest BCUT2D eigenvalue weighted by molar-refractivity contribution is 7.80. The molecule has 86 valence electrons. The molecule has 0 fully saturated rings. The number of hydrogen-bond acceptors (Lipinski definition) is 5. The second-order valence-corrected chi connectivity index (χ2v) is 4.07. The van der Waals surface area contributed by atoms with Crippen LogP contribution >= 0.6 is 12.6 Å². The molecule has 0 aliphatic carbocycles. The van der Waals surface area contributed by atoms with Crippen LogP contribution in [0.5, 0.6) is 0 Å². The van der Waals surface area contributed by atoms with Gasteiger partial charge < -0.3 is 9.47 Å². The predicted octanol–water partition coefficient (Wildman–Crippen LogP) is 1.36. The van der Waals surface area contributed by atoms with Crippen LogP contribution in [0, 0.1) is 0 Å². The maximum Gasteiger partial charge on any atom is 0.333 e. The van der Waals surface area contributed by atoms with Crippen molar-refractivity contribution < 1.29 is 19.1 Å². The Bertz CT molecular complexity index is 248. The van der Waals surface area contributed by atoms with Gasteiger partial charge in [0.25, 0.3) is 0 Å². The molecule has 0 heterocycles. The van der Waals surface area contributed by atoms with Gasteiger partial charge in [0.05, 0.1) is 6.42 Å². The van der Waals surface area contributed by atoms with Crippen LogP contribution < -0.4 is 0 Å². The summed E-state index contributed by atoms with van der Waals surface area (Å²) in [6.45, 7) is 6.89. The Morgan fingerprint density at radius 1 is 1.33 bits per heavy atom. The van der Waals surface area contributed by atoms with Gasteiger partial charge in [-0.2, -0.15) is 12.6 Å². The van der Waals surface area contributed by atoms with E-state index in [-0.39, 0.29) is 30.9 Å². The van der Waals surface area contributed by atoms with E-state index < -0.39 is 5.97 Å². The fourth-order valence-electron chi connectivity index (χ4n) is 0.713. The molecule has 0 bridgehead atoms. The number of carbonyl (C=O) groups excluding carboxylic acids is 2. The van der Waals surface area contributed by atoms with Gasteiger partial charge in [-0.05, 0) is 6.92 Å². The lowest BCUT2D eigenvalue weighted by Crippen LogP contribution is -2.15. The summed E-state index contributed by atoms with van der Waals surface area (Å²) in [5.41, 5.74) is 0.324. The lowest BCUT2D eigenvalue weighted by molar-refractivity contribution is -0.150. The maximum atomic E-state index is 11.0.